The lowest BCUT2D eigenvalue weighted by molar-refractivity contribution is -0.120. The minimum absolute atomic E-state index is 0.0363. The summed E-state index contributed by atoms with van der Waals surface area (Å²) in [7, 11) is -2.41. The molecule has 0 aliphatic carbocycles. The number of para-hydroxylation sites is 2. The van der Waals surface area contributed by atoms with Gasteiger partial charge < -0.3 is 15.0 Å². The van der Waals surface area contributed by atoms with Crippen LogP contribution in [0, 0.1) is 5.92 Å². The van der Waals surface area contributed by atoms with Crippen LogP contribution in [-0.4, -0.2) is 44.5 Å². The Bertz CT molecular complexity index is 1220. The molecular weight excluding hydrogens is 442 g/mol. The molecule has 33 heavy (non-hydrogen) atoms. The number of ether oxygens (including phenoxy) is 1. The van der Waals surface area contributed by atoms with E-state index in [4.69, 9.17) is 4.74 Å². The summed E-state index contributed by atoms with van der Waals surface area (Å²) >= 11 is 0. The number of methoxy groups -OCH3 is 1. The van der Waals surface area contributed by atoms with Gasteiger partial charge in [-0.2, -0.15) is 0 Å². The summed E-state index contributed by atoms with van der Waals surface area (Å²) in [4.78, 5) is 23.5. The maximum Gasteiger partial charge on any atom is 0.262 e. The third kappa shape index (κ3) is 5.40. The Kier molecular flexibility index (Phi) is 6.74. The van der Waals surface area contributed by atoms with E-state index in [9.17, 15) is 13.2 Å². The van der Waals surface area contributed by atoms with E-state index >= 15 is 0 Å². The first kappa shape index (κ1) is 22.5. The van der Waals surface area contributed by atoms with Crippen LogP contribution in [0.5, 0.6) is 5.75 Å². The molecule has 1 atom stereocenters. The summed E-state index contributed by atoms with van der Waals surface area (Å²) in [5.74, 6) is 0.595. The molecule has 0 saturated carbocycles. The first-order chi connectivity index (χ1) is 16.0. The maximum absolute atomic E-state index is 12.9. The molecule has 10 heteroatoms. The molecule has 3 aromatic rings. The van der Waals surface area contributed by atoms with Crippen molar-refractivity contribution < 1.29 is 17.9 Å². The molecule has 0 bridgehead atoms. The smallest absolute Gasteiger partial charge is 0.262 e. The Morgan fingerprint density at radius 2 is 1.88 bits per heavy atom. The fourth-order valence-corrected chi connectivity index (χ4v) is 4.86. The van der Waals surface area contributed by atoms with Crippen LogP contribution in [0.25, 0.3) is 0 Å². The number of benzene rings is 2. The van der Waals surface area contributed by atoms with Gasteiger partial charge in [0.05, 0.1) is 23.6 Å². The Morgan fingerprint density at radius 3 is 2.67 bits per heavy atom. The standard InChI is InChI=1S/C23H25N5O4S/c1-32-21-11-3-2-10-20(21)27-33(30,31)19-9-4-8-18(15-19)26-22(29)17-7-5-14-28(16-17)23-24-12-6-13-25-23/h2-4,6,8-13,15,17,27H,5,7,14,16H2,1H3,(H,26,29)/t17-/m0/s1. The molecular formula is C23H25N5O4S. The van der Waals surface area contributed by atoms with Crippen LogP contribution in [0.4, 0.5) is 17.3 Å². The Hall–Kier alpha value is -3.66. The number of hydrogen-bond donors (Lipinski definition) is 2. The summed E-state index contributed by atoms with van der Waals surface area (Å²) in [5.41, 5.74) is 0.746. The van der Waals surface area contributed by atoms with Crippen LogP contribution in [0.15, 0.2) is 71.9 Å². The average molecular weight is 468 g/mol. The van der Waals surface area contributed by atoms with Gasteiger partial charge >= 0.3 is 0 Å². The van der Waals surface area contributed by atoms with Crippen LogP contribution in [0.2, 0.25) is 0 Å². The van der Waals surface area contributed by atoms with Gasteiger partial charge in [-0.3, -0.25) is 9.52 Å². The van der Waals surface area contributed by atoms with E-state index < -0.39 is 10.0 Å². The van der Waals surface area contributed by atoms with Gasteiger partial charge in [0.2, 0.25) is 11.9 Å². The normalized spacial score (nSPS) is 16.2. The van der Waals surface area contributed by atoms with Crippen molar-refractivity contribution in [2.45, 2.75) is 17.7 Å². The van der Waals surface area contributed by atoms with Gasteiger partial charge in [-0.05, 0) is 49.2 Å². The molecule has 2 aromatic carbocycles. The summed E-state index contributed by atoms with van der Waals surface area (Å²) in [6.07, 6.45) is 4.93. The van der Waals surface area contributed by atoms with Crippen molar-refractivity contribution in [2.24, 2.45) is 5.92 Å². The summed E-state index contributed by atoms with van der Waals surface area (Å²) in [6.45, 7) is 1.29. The van der Waals surface area contributed by atoms with Crippen molar-refractivity contribution in [3.63, 3.8) is 0 Å². The molecule has 2 N–H and O–H groups in total. The van der Waals surface area contributed by atoms with E-state index in [2.05, 4.69) is 20.0 Å². The first-order valence-electron chi connectivity index (χ1n) is 10.5. The molecule has 1 fully saturated rings. The van der Waals surface area contributed by atoms with E-state index in [1.165, 1.54) is 19.2 Å². The number of carbonyl (C=O) groups is 1. The van der Waals surface area contributed by atoms with E-state index in [0.717, 1.165) is 19.4 Å². The number of nitrogens with zero attached hydrogens (tertiary/aromatic N) is 3. The summed E-state index contributed by atoms with van der Waals surface area (Å²) in [5, 5.41) is 2.86. The van der Waals surface area contributed by atoms with Gasteiger partial charge in [0.25, 0.3) is 10.0 Å². The summed E-state index contributed by atoms with van der Waals surface area (Å²) < 4.78 is 33.6. The molecule has 1 amide bonds. The average Bonchev–Trinajstić information content (AvgIpc) is 2.85. The van der Waals surface area contributed by atoms with Gasteiger partial charge in [0.15, 0.2) is 0 Å². The number of anilines is 3. The SMILES string of the molecule is COc1ccccc1NS(=O)(=O)c1cccc(NC(=O)[C@H]2CCCN(c3ncccn3)C2)c1. The lowest BCUT2D eigenvalue weighted by Crippen LogP contribution is -2.41. The van der Waals surface area contributed by atoms with Gasteiger partial charge in [-0.25, -0.2) is 18.4 Å². The van der Waals surface area contributed by atoms with E-state index in [-0.39, 0.29) is 16.7 Å². The molecule has 9 nitrogen and oxygen atoms in total. The monoisotopic (exact) mass is 467 g/mol. The third-order valence-corrected chi connectivity index (χ3v) is 6.75. The molecule has 1 aliphatic heterocycles. The molecule has 0 spiro atoms. The van der Waals surface area contributed by atoms with Crippen molar-refractivity contribution in [3.8, 4) is 5.75 Å². The van der Waals surface area contributed by atoms with E-state index in [1.807, 2.05) is 4.90 Å². The number of piperidine rings is 1. The fraction of sp³-hybridized carbons (Fsp3) is 0.261. The lowest BCUT2D eigenvalue weighted by atomic mass is 9.97. The molecule has 172 valence electrons. The number of hydrogen-bond acceptors (Lipinski definition) is 7. The number of carbonyl (C=O) groups excluding carboxylic acids is 1. The maximum atomic E-state index is 12.9. The number of rotatable bonds is 7. The molecule has 1 saturated heterocycles. The minimum Gasteiger partial charge on any atom is -0.495 e. The molecule has 1 aliphatic rings. The quantitative estimate of drug-likeness (QED) is 0.549. The minimum atomic E-state index is -3.88. The Balaban J connectivity index is 1.46. The lowest BCUT2D eigenvalue weighted by Gasteiger charge is -2.31. The van der Waals surface area contributed by atoms with E-state index in [0.29, 0.717) is 29.6 Å². The molecule has 0 unspecified atom stereocenters. The second kappa shape index (κ2) is 9.86. The predicted molar refractivity (Wildman–Crippen MR) is 126 cm³/mol. The van der Waals surface area contributed by atoms with Crippen molar-refractivity contribution in [3.05, 3.63) is 67.0 Å². The fourth-order valence-electron chi connectivity index (χ4n) is 3.75. The molecule has 0 radical (unpaired) electrons. The topological polar surface area (TPSA) is 114 Å². The van der Waals surface area contributed by atoms with Crippen molar-refractivity contribution in [1.29, 1.82) is 0 Å². The van der Waals surface area contributed by atoms with Crippen LogP contribution >= 0.6 is 0 Å². The van der Waals surface area contributed by atoms with Crippen LogP contribution in [0.3, 0.4) is 0 Å². The largest absolute Gasteiger partial charge is 0.495 e. The van der Waals surface area contributed by atoms with Gasteiger partial charge in [0, 0.05) is 31.2 Å². The Labute approximate surface area is 192 Å². The molecule has 1 aromatic heterocycles. The third-order valence-electron chi connectivity index (χ3n) is 5.39. The van der Waals surface area contributed by atoms with Crippen molar-refractivity contribution in [2.75, 3.05) is 35.1 Å². The van der Waals surface area contributed by atoms with Crippen molar-refractivity contribution in [1.82, 2.24) is 9.97 Å². The first-order valence-corrected chi connectivity index (χ1v) is 12.0. The zero-order valence-electron chi connectivity index (χ0n) is 18.1. The highest BCUT2D eigenvalue weighted by Gasteiger charge is 2.27. The number of aromatic nitrogens is 2. The Morgan fingerprint density at radius 1 is 1.09 bits per heavy atom. The zero-order chi connectivity index (χ0) is 23.3. The van der Waals surface area contributed by atoms with Crippen LogP contribution < -0.4 is 19.7 Å². The van der Waals surface area contributed by atoms with Gasteiger partial charge in [-0.15, -0.1) is 0 Å². The van der Waals surface area contributed by atoms with Gasteiger partial charge in [-0.1, -0.05) is 18.2 Å². The predicted octanol–water partition coefficient (Wildman–Crippen LogP) is 3.14. The molecule has 2 heterocycles. The van der Waals surface area contributed by atoms with Crippen molar-refractivity contribution >= 4 is 33.3 Å². The van der Waals surface area contributed by atoms with Crippen LogP contribution in [-0.2, 0) is 14.8 Å². The van der Waals surface area contributed by atoms with Crippen LogP contribution in [0.1, 0.15) is 12.8 Å². The second-order valence-corrected chi connectivity index (χ2v) is 9.34. The van der Waals surface area contributed by atoms with E-state index in [1.54, 1.807) is 54.9 Å². The highest BCUT2D eigenvalue weighted by Crippen LogP contribution is 2.27. The number of amides is 1. The van der Waals surface area contributed by atoms with Gasteiger partial charge in [0.1, 0.15) is 5.75 Å². The highest BCUT2D eigenvalue weighted by atomic mass is 32.2. The second-order valence-electron chi connectivity index (χ2n) is 7.66. The number of sulfonamides is 1. The highest BCUT2D eigenvalue weighted by molar-refractivity contribution is 7.92. The number of nitrogens with one attached hydrogen (secondary N) is 2. The molecule has 4 rings (SSSR count). The summed E-state index contributed by atoms with van der Waals surface area (Å²) in [6, 6.07) is 14.7. The zero-order valence-corrected chi connectivity index (χ0v) is 19.0.